The minimum absolute atomic E-state index is 0.0842. The van der Waals surface area contributed by atoms with Crippen molar-refractivity contribution in [3.05, 3.63) is 46.2 Å². The highest BCUT2D eigenvalue weighted by Gasteiger charge is 2.06. The van der Waals surface area contributed by atoms with Crippen LogP contribution in [-0.4, -0.2) is 8.42 Å². The van der Waals surface area contributed by atoms with Crippen LogP contribution in [-0.2, 0) is 16.6 Å². The maximum Gasteiger partial charge on any atom is 0.238 e. The zero-order chi connectivity index (χ0) is 13.9. The predicted molar refractivity (Wildman–Crippen MR) is 74.2 cm³/mol. The second kappa shape index (κ2) is 5.40. The van der Waals surface area contributed by atoms with Crippen molar-refractivity contribution in [2.75, 3.05) is 5.32 Å². The van der Waals surface area contributed by atoms with Crippen molar-refractivity contribution in [1.29, 1.82) is 5.26 Å². The summed E-state index contributed by atoms with van der Waals surface area (Å²) in [4.78, 5) is 1.79. The zero-order valence-electron chi connectivity index (χ0n) is 9.83. The molecule has 7 heteroatoms. The van der Waals surface area contributed by atoms with Gasteiger partial charge in [0, 0.05) is 17.1 Å². The monoisotopic (exact) mass is 293 g/mol. The normalized spacial score (nSPS) is 10.9. The minimum Gasteiger partial charge on any atom is -0.380 e. The van der Waals surface area contributed by atoms with Crippen LogP contribution in [0.4, 0.5) is 5.69 Å². The fraction of sp³-hybridized carbons (Fsp3) is 0.0833. The molecule has 3 N–H and O–H groups in total. The lowest BCUT2D eigenvalue weighted by molar-refractivity contribution is 0.598. The minimum atomic E-state index is -3.65. The number of nitrogens with zero attached hydrogens (tertiary/aromatic N) is 1. The lowest BCUT2D eigenvalue weighted by Crippen LogP contribution is -2.11. The summed E-state index contributed by atoms with van der Waals surface area (Å²) in [5, 5.41) is 16.9. The molecule has 0 aliphatic rings. The van der Waals surface area contributed by atoms with E-state index in [1.54, 1.807) is 18.2 Å². The highest BCUT2D eigenvalue weighted by molar-refractivity contribution is 7.89. The SMILES string of the molecule is N#Cc1ccc(CNc2ccc(S(N)(=O)=O)cc2)s1. The van der Waals surface area contributed by atoms with Gasteiger partial charge in [-0.3, -0.25) is 0 Å². The number of primary sulfonamides is 1. The Bertz CT molecular complexity index is 712. The molecule has 1 aromatic carbocycles. The van der Waals surface area contributed by atoms with E-state index in [0.29, 0.717) is 11.4 Å². The van der Waals surface area contributed by atoms with Crippen LogP contribution < -0.4 is 10.5 Å². The molecule has 0 unspecified atom stereocenters. The molecule has 0 amide bonds. The first kappa shape index (κ1) is 13.5. The number of sulfonamides is 1. The Morgan fingerprint density at radius 2 is 1.89 bits per heavy atom. The van der Waals surface area contributed by atoms with Crippen molar-refractivity contribution in [2.24, 2.45) is 5.14 Å². The average molecular weight is 293 g/mol. The Morgan fingerprint density at radius 3 is 2.42 bits per heavy atom. The van der Waals surface area contributed by atoms with E-state index in [4.69, 9.17) is 10.4 Å². The number of thiophene rings is 1. The van der Waals surface area contributed by atoms with Crippen LogP contribution in [0, 0.1) is 11.3 Å². The Kier molecular flexibility index (Phi) is 3.85. The number of benzene rings is 1. The average Bonchev–Trinajstić information content (AvgIpc) is 2.84. The summed E-state index contributed by atoms with van der Waals surface area (Å²) in [6.45, 7) is 0.584. The summed E-state index contributed by atoms with van der Waals surface area (Å²) in [5.41, 5.74) is 0.791. The van der Waals surface area contributed by atoms with Gasteiger partial charge in [-0.05, 0) is 36.4 Å². The number of nitrogens with one attached hydrogen (secondary N) is 1. The zero-order valence-corrected chi connectivity index (χ0v) is 11.5. The third-order valence-electron chi connectivity index (χ3n) is 2.42. The standard InChI is InChI=1S/C12H11N3O2S2/c13-7-10-3-4-11(18-10)8-15-9-1-5-12(6-2-9)19(14,16)17/h1-6,15H,8H2,(H2,14,16,17). The van der Waals surface area contributed by atoms with Crippen LogP contribution in [0.15, 0.2) is 41.3 Å². The third-order valence-corrected chi connectivity index (χ3v) is 4.34. The molecule has 1 heterocycles. The molecule has 19 heavy (non-hydrogen) atoms. The van der Waals surface area contributed by atoms with Gasteiger partial charge in [0.15, 0.2) is 0 Å². The molecular weight excluding hydrogens is 282 g/mol. The van der Waals surface area contributed by atoms with Crippen LogP contribution in [0.25, 0.3) is 0 Å². The van der Waals surface area contributed by atoms with E-state index in [0.717, 1.165) is 10.6 Å². The summed E-state index contributed by atoms with van der Waals surface area (Å²) in [6, 6.07) is 11.9. The van der Waals surface area contributed by atoms with Crippen molar-refractivity contribution in [3.63, 3.8) is 0 Å². The topological polar surface area (TPSA) is 96.0 Å². The first-order chi connectivity index (χ1) is 8.99. The molecule has 1 aromatic heterocycles. The summed E-state index contributed by atoms with van der Waals surface area (Å²) in [5.74, 6) is 0. The van der Waals surface area contributed by atoms with Crippen molar-refractivity contribution >= 4 is 27.0 Å². The van der Waals surface area contributed by atoms with Gasteiger partial charge in [-0.15, -0.1) is 11.3 Å². The molecule has 0 bridgehead atoms. The molecule has 0 spiro atoms. The summed E-state index contributed by atoms with van der Waals surface area (Å²) in [6.07, 6.45) is 0. The number of hydrogen-bond donors (Lipinski definition) is 2. The summed E-state index contributed by atoms with van der Waals surface area (Å²) >= 11 is 1.42. The van der Waals surface area contributed by atoms with Gasteiger partial charge < -0.3 is 5.32 Å². The van der Waals surface area contributed by atoms with E-state index < -0.39 is 10.0 Å². The van der Waals surface area contributed by atoms with Gasteiger partial charge in [0.05, 0.1) is 4.90 Å². The highest BCUT2D eigenvalue weighted by Crippen LogP contribution is 2.18. The number of nitriles is 1. The Hall–Kier alpha value is -1.88. The number of rotatable bonds is 4. The molecule has 0 radical (unpaired) electrons. The lowest BCUT2D eigenvalue weighted by atomic mass is 10.3. The Balaban J connectivity index is 2.03. The van der Waals surface area contributed by atoms with Crippen LogP contribution in [0.5, 0.6) is 0 Å². The number of hydrogen-bond acceptors (Lipinski definition) is 5. The molecule has 98 valence electrons. The van der Waals surface area contributed by atoms with Crippen molar-refractivity contribution in [2.45, 2.75) is 11.4 Å². The molecule has 2 rings (SSSR count). The number of anilines is 1. The first-order valence-corrected chi connectivity index (χ1v) is 7.71. The molecule has 0 saturated carbocycles. The Morgan fingerprint density at radius 1 is 1.21 bits per heavy atom. The highest BCUT2D eigenvalue weighted by atomic mass is 32.2. The smallest absolute Gasteiger partial charge is 0.238 e. The van der Waals surface area contributed by atoms with Gasteiger partial charge in [-0.1, -0.05) is 0 Å². The predicted octanol–water partition coefficient (Wildman–Crippen LogP) is 1.88. The number of nitrogens with two attached hydrogens (primary N) is 1. The molecule has 0 aliphatic carbocycles. The van der Waals surface area contributed by atoms with Gasteiger partial charge >= 0.3 is 0 Å². The molecule has 0 atom stereocenters. The van der Waals surface area contributed by atoms with Crippen molar-refractivity contribution in [3.8, 4) is 6.07 Å². The molecule has 5 nitrogen and oxygen atoms in total. The Labute approximate surface area is 115 Å². The van der Waals surface area contributed by atoms with E-state index in [1.165, 1.54) is 23.5 Å². The van der Waals surface area contributed by atoms with Crippen molar-refractivity contribution in [1.82, 2.24) is 0 Å². The lowest BCUT2D eigenvalue weighted by Gasteiger charge is -2.05. The van der Waals surface area contributed by atoms with E-state index in [-0.39, 0.29) is 4.90 Å². The maximum absolute atomic E-state index is 11.1. The van der Waals surface area contributed by atoms with E-state index in [1.807, 2.05) is 6.07 Å². The fourth-order valence-electron chi connectivity index (χ4n) is 1.48. The van der Waals surface area contributed by atoms with E-state index in [9.17, 15) is 8.42 Å². The van der Waals surface area contributed by atoms with Gasteiger partial charge in [0.25, 0.3) is 0 Å². The van der Waals surface area contributed by atoms with Crippen LogP contribution in [0.1, 0.15) is 9.75 Å². The van der Waals surface area contributed by atoms with Crippen LogP contribution in [0.2, 0.25) is 0 Å². The van der Waals surface area contributed by atoms with Crippen LogP contribution >= 0.6 is 11.3 Å². The maximum atomic E-state index is 11.1. The fourth-order valence-corrected chi connectivity index (χ4v) is 2.74. The molecule has 0 saturated heterocycles. The van der Waals surface area contributed by atoms with E-state index >= 15 is 0 Å². The molecule has 2 aromatic rings. The van der Waals surface area contributed by atoms with Crippen molar-refractivity contribution < 1.29 is 8.42 Å². The largest absolute Gasteiger partial charge is 0.380 e. The van der Waals surface area contributed by atoms with Gasteiger partial charge in [0.2, 0.25) is 10.0 Å². The second-order valence-electron chi connectivity index (χ2n) is 3.80. The first-order valence-electron chi connectivity index (χ1n) is 5.34. The van der Waals surface area contributed by atoms with Gasteiger partial charge in [0.1, 0.15) is 10.9 Å². The second-order valence-corrected chi connectivity index (χ2v) is 6.53. The summed E-state index contributed by atoms with van der Waals surface area (Å²) < 4.78 is 22.2. The molecular formula is C12H11N3O2S2. The van der Waals surface area contributed by atoms with Gasteiger partial charge in [-0.2, -0.15) is 5.26 Å². The van der Waals surface area contributed by atoms with E-state index in [2.05, 4.69) is 11.4 Å². The van der Waals surface area contributed by atoms with Gasteiger partial charge in [-0.25, -0.2) is 13.6 Å². The molecule has 0 fully saturated rings. The summed E-state index contributed by atoms with van der Waals surface area (Å²) in [7, 11) is -3.65. The third kappa shape index (κ3) is 3.54. The molecule has 0 aliphatic heterocycles. The van der Waals surface area contributed by atoms with Crippen LogP contribution in [0.3, 0.4) is 0 Å². The quantitative estimate of drug-likeness (QED) is 0.899.